The second-order valence-electron chi connectivity index (χ2n) is 5.06. The molecule has 0 radical (unpaired) electrons. The topological polar surface area (TPSA) is 92.1 Å². The highest BCUT2D eigenvalue weighted by Gasteiger charge is 2.39. The SMILES string of the molecule is Nc1[nH]ncc1S(=O)(=O)N(Cc1cccc(F)c1)C1CC1. The zero-order valence-corrected chi connectivity index (χ0v) is 12.0. The molecule has 2 aromatic rings. The zero-order valence-electron chi connectivity index (χ0n) is 11.2. The first-order chi connectivity index (χ1) is 9.98. The van der Waals surface area contributed by atoms with Gasteiger partial charge < -0.3 is 5.73 Å². The molecule has 3 N–H and O–H groups in total. The Bertz CT molecular complexity index is 755. The van der Waals surface area contributed by atoms with Gasteiger partial charge in [0.05, 0.1) is 6.20 Å². The number of rotatable bonds is 5. The third-order valence-corrected chi connectivity index (χ3v) is 5.33. The monoisotopic (exact) mass is 310 g/mol. The molecule has 1 aromatic carbocycles. The Morgan fingerprint density at radius 3 is 2.76 bits per heavy atom. The molecule has 0 aliphatic heterocycles. The van der Waals surface area contributed by atoms with Crippen LogP contribution in [0, 0.1) is 5.82 Å². The van der Waals surface area contributed by atoms with Gasteiger partial charge in [-0.1, -0.05) is 12.1 Å². The molecular formula is C13H15FN4O2S. The summed E-state index contributed by atoms with van der Waals surface area (Å²) in [6.07, 6.45) is 2.80. The van der Waals surface area contributed by atoms with E-state index in [2.05, 4.69) is 10.2 Å². The minimum atomic E-state index is -3.74. The van der Waals surface area contributed by atoms with Gasteiger partial charge in [0, 0.05) is 12.6 Å². The number of H-pyrrole nitrogens is 1. The molecule has 0 bridgehead atoms. The molecule has 21 heavy (non-hydrogen) atoms. The Kier molecular flexibility index (Phi) is 3.42. The van der Waals surface area contributed by atoms with Gasteiger partial charge in [0.2, 0.25) is 10.0 Å². The van der Waals surface area contributed by atoms with Gasteiger partial charge in [0.1, 0.15) is 16.5 Å². The lowest BCUT2D eigenvalue weighted by molar-refractivity contribution is 0.398. The first kappa shape index (κ1) is 14.0. The van der Waals surface area contributed by atoms with Gasteiger partial charge in [0.15, 0.2) is 0 Å². The average molecular weight is 310 g/mol. The van der Waals surface area contributed by atoms with Crippen LogP contribution in [0.5, 0.6) is 0 Å². The standard InChI is InChI=1S/C13H15FN4O2S/c14-10-3-1-2-9(6-10)8-18(11-4-5-11)21(19,20)12-7-16-17-13(12)15/h1-3,6-7,11H,4-5,8H2,(H3,15,16,17). The van der Waals surface area contributed by atoms with Crippen LogP contribution in [-0.2, 0) is 16.6 Å². The van der Waals surface area contributed by atoms with E-state index in [0.717, 1.165) is 12.8 Å². The van der Waals surface area contributed by atoms with Crippen molar-refractivity contribution in [3.63, 3.8) is 0 Å². The third kappa shape index (κ3) is 2.77. The van der Waals surface area contributed by atoms with Crippen molar-refractivity contribution in [1.82, 2.24) is 14.5 Å². The molecule has 0 saturated heterocycles. The van der Waals surface area contributed by atoms with E-state index < -0.39 is 10.0 Å². The summed E-state index contributed by atoms with van der Waals surface area (Å²) in [6, 6.07) is 5.87. The molecule has 3 rings (SSSR count). The average Bonchev–Trinajstić information content (AvgIpc) is 3.17. The maximum Gasteiger partial charge on any atom is 0.248 e. The summed E-state index contributed by atoms with van der Waals surface area (Å²) in [6.45, 7) is 0.120. The van der Waals surface area contributed by atoms with Crippen molar-refractivity contribution in [3.8, 4) is 0 Å². The van der Waals surface area contributed by atoms with E-state index in [0.29, 0.717) is 5.56 Å². The summed E-state index contributed by atoms with van der Waals surface area (Å²) in [4.78, 5) is -0.0363. The Labute approximate surface area is 121 Å². The van der Waals surface area contributed by atoms with Crippen LogP contribution in [-0.4, -0.2) is 29.0 Å². The zero-order chi connectivity index (χ0) is 15.0. The van der Waals surface area contributed by atoms with Crippen LogP contribution in [0.15, 0.2) is 35.4 Å². The third-order valence-electron chi connectivity index (χ3n) is 3.40. The number of sulfonamides is 1. The Hall–Kier alpha value is -1.93. The summed E-state index contributed by atoms with van der Waals surface area (Å²) >= 11 is 0. The fourth-order valence-electron chi connectivity index (χ4n) is 2.21. The number of aromatic nitrogens is 2. The van der Waals surface area contributed by atoms with E-state index in [1.54, 1.807) is 12.1 Å². The summed E-state index contributed by atoms with van der Waals surface area (Å²) in [5.74, 6) is -0.372. The lowest BCUT2D eigenvalue weighted by Crippen LogP contribution is -2.33. The second kappa shape index (κ2) is 5.12. The van der Waals surface area contributed by atoms with Gasteiger partial charge >= 0.3 is 0 Å². The number of hydrogen-bond acceptors (Lipinski definition) is 4. The van der Waals surface area contributed by atoms with Crippen molar-refractivity contribution < 1.29 is 12.8 Å². The van der Waals surface area contributed by atoms with Crippen LogP contribution in [0.3, 0.4) is 0 Å². The molecule has 112 valence electrons. The van der Waals surface area contributed by atoms with E-state index in [4.69, 9.17) is 5.73 Å². The van der Waals surface area contributed by atoms with Crippen LogP contribution in [0.4, 0.5) is 10.2 Å². The van der Waals surface area contributed by atoms with E-state index >= 15 is 0 Å². The number of nitrogens with two attached hydrogens (primary N) is 1. The van der Waals surface area contributed by atoms with Crippen LogP contribution >= 0.6 is 0 Å². The van der Waals surface area contributed by atoms with Gasteiger partial charge in [-0.15, -0.1) is 0 Å². The number of hydrogen-bond donors (Lipinski definition) is 2. The molecule has 1 saturated carbocycles. The summed E-state index contributed by atoms with van der Waals surface area (Å²) in [5, 5.41) is 6.08. The molecule has 1 aromatic heterocycles. The summed E-state index contributed by atoms with van der Waals surface area (Å²) in [7, 11) is -3.74. The lowest BCUT2D eigenvalue weighted by Gasteiger charge is -2.21. The number of aromatic amines is 1. The van der Waals surface area contributed by atoms with Gasteiger partial charge in [-0.3, -0.25) is 5.10 Å². The maximum absolute atomic E-state index is 13.3. The normalized spacial score (nSPS) is 15.5. The highest BCUT2D eigenvalue weighted by molar-refractivity contribution is 7.89. The molecular weight excluding hydrogens is 295 g/mol. The number of nitrogens with one attached hydrogen (secondary N) is 1. The van der Waals surface area contributed by atoms with Crippen LogP contribution in [0.1, 0.15) is 18.4 Å². The van der Waals surface area contributed by atoms with E-state index in [-0.39, 0.29) is 29.1 Å². The van der Waals surface area contributed by atoms with E-state index in [1.807, 2.05) is 0 Å². The fraction of sp³-hybridized carbons (Fsp3) is 0.308. The number of nitrogen functional groups attached to an aromatic ring is 1. The Balaban J connectivity index is 1.94. The van der Waals surface area contributed by atoms with E-state index in [9.17, 15) is 12.8 Å². The number of anilines is 1. The van der Waals surface area contributed by atoms with Gasteiger partial charge in [-0.25, -0.2) is 12.8 Å². The van der Waals surface area contributed by atoms with Crippen molar-refractivity contribution in [2.75, 3.05) is 5.73 Å². The van der Waals surface area contributed by atoms with Crippen LogP contribution in [0.25, 0.3) is 0 Å². The highest BCUT2D eigenvalue weighted by Crippen LogP contribution is 2.34. The molecule has 0 atom stereocenters. The molecule has 6 nitrogen and oxygen atoms in total. The fourth-order valence-corrected chi connectivity index (χ4v) is 3.89. The predicted molar refractivity (Wildman–Crippen MR) is 75.2 cm³/mol. The maximum atomic E-state index is 13.3. The molecule has 1 heterocycles. The first-order valence-electron chi connectivity index (χ1n) is 6.53. The first-order valence-corrected chi connectivity index (χ1v) is 7.97. The Morgan fingerprint density at radius 1 is 1.43 bits per heavy atom. The van der Waals surface area contributed by atoms with Gasteiger partial charge in [-0.2, -0.15) is 9.40 Å². The molecule has 0 spiro atoms. The van der Waals surface area contributed by atoms with Crippen LogP contribution < -0.4 is 5.73 Å². The largest absolute Gasteiger partial charge is 0.383 e. The molecule has 1 aliphatic rings. The van der Waals surface area contributed by atoms with Gasteiger partial charge in [-0.05, 0) is 30.5 Å². The van der Waals surface area contributed by atoms with Gasteiger partial charge in [0.25, 0.3) is 0 Å². The number of benzene rings is 1. The van der Waals surface area contributed by atoms with Crippen molar-refractivity contribution in [2.24, 2.45) is 0 Å². The molecule has 0 unspecified atom stereocenters. The smallest absolute Gasteiger partial charge is 0.248 e. The van der Waals surface area contributed by atoms with Crippen molar-refractivity contribution >= 4 is 15.8 Å². The van der Waals surface area contributed by atoms with Crippen molar-refractivity contribution in [3.05, 3.63) is 41.8 Å². The van der Waals surface area contributed by atoms with Crippen LogP contribution in [0.2, 0.25) is 0 Å². The Morgan fingerprint density at radius 2 is 2.19 bits per heavy atom. The minimum Gasteiger partial charge on any atom is -0.383 e. The number of halogens is 1. The summed E-state index contributed by atoms with van der Waals surface area (Å²) < 4.78 is 40.0. The second-order valence-corrected chi connectivity index (χ2v) is 6.92. The molecule has 1 fully saturated rings. The molecule has 0 amide bonds. The summed E-state index contributed by atoms with van der Waals surface area (Å²) in [5.41, 5.74) is 6.22. The highest BCUT2D eigenvalue weighted by atomic mass is 32.2. The minimum absolute atomic E-state index is 0.0138. The predicted octanol–water partition coefficient (Wildman–Crippen LogP) is 1.48. The van der Waals surface area contributed by atoms with Crippen molar-refractivity contribution in [1.29, 1.82) is 0 Å². The quantitative estimate of drug-likeness (QED) is 0.875. The van der Waals surface area contributed by atoms with E-state index in [1.165, 1.54) is 22.6 Å². The molecule has 1 aliphatic carbocycles. The number of nitrogens with zero attached hydrogens (tertiary/aromatic N) is 2. The molecule has 8 heteroatoms. The van der Waals surface area contributed by atoms with Crippen molar-refractivity contribution in [2.45, 2.75) is 30.3 Å². The lowest BCUT2D eigenvalue weighted by atomic mass is 10.2.